The van der Waals surface area contributed by atoms with Gasteiger partial charge in [-0.05, 0) is 42.5 Å². The van der Waals surface area contributed by atoms with Crippen LogP contribution in [0.1, 0.15) is 5.56 Å². The molecule has 0 radical (unpaired) electrons. The molecule has 4 aromatic rings. The first-order chi connectivity index (χ1) is 17.5. The number of nitrogens with one attached hydrogen (secondary N) is 1. The van der Waals surface area contributed by atoms with Crippen molar-refractivity contribution in [1.82, 2.24) is 20.2 Å². The molecule has 1 heterocycles. The third-order valence-electron chi connectivity index (χ3n) is 5.03. The second kappa shape index (κ2) is 11.3. The number of rotatable bonds is 9. The number of phenolic OH excluding ortho intramolecular Hbond substituents is 2. The highest BCUT2D eigenvalue weighted by Gasteiger charge is 2.18. The molecule has 1 amide bonds. The lowest BCUT2D eigenvalue weighted by molar-refractivity contribution is -0.118. The smallest absolute Gasteiger partial charge is 0.250 e. The van der Waals surface area contributed by atoms with E-state index in [1.165, 1.54) is 36.2 Å². The van der Waals surface area contributed by atoms with E-state index in [0.717, 1.165) is 11.3 Å². The molecule has 0 atom stereocenters. The Kier molecular flexibility index (Phi) is 7.71. The van der Waals surface area contributed by atoms with E-state index in [4.69, 9.17) is 9.47 Å². The van der Waals surface area contributed by atoms with E-state index in [1.807, 2.05) is 47.0 Å². The van der Waals surface area contributed by atoms with E-state index < -0.39 is 0 Å². The van der Waals surface area contributed by atoms with Crippen LogP contribution in [0.3, 0.4) is 0 Å². The van der Waals surface area contributed by atoms with Gasteiger partial charge in [0.1, 0.15) is 11.5 Å². The van der Waals surface area contributed by atoms with Crippen LogP contribution in [0, 0.1) is 0 Å². The topological polar surface area (TPSA) is 131 Å². The second-order valence-corrected chi connectivity index (χ2v) is 8.31. The zero-order valence-electron chi connectivity index (χ0n) is 19.5. The summed E-state index contributed by atoms with van der Waals surface area (Å²) in [4.78, 5) is 12.4. The number of aromatic hydroxyl groups is 2. The lowest BCUT2D eigenvalue weighted by Crippen LogP contribution is -2.20. The largest absolute Gasteiger partial charge is 0.508 e. The number of nitrogens with zero attached hydrogens (tertiary/aromatic N) is 4. The van der Waals surface area contributed by atoms with Gasteiger partial charge >= 0.3 is 0 Å². The molecular weight excluding hydrogens is 482 g/mol. The molecule has 36 heavy (non-hydrogen) atoms. The summed E-state index contributed by atoms with van der Waals surface area (Å²) in [6.07, 6.45) is 1.29. The molecule has 0 bridgehead atoms. The lowest BCUT2D eigenvalue weighted by atomic mass is 10.2. The third-order valence-corrected chi connectivity index (χ3v) is 5.96. The molecule has 0 saturated carbocycles. The molecule has 10 nitrogen and oxygen atoms in total. The quantitative estimate of drug-likeness (QED) is 0.179. The van der Waals surface area contributed by atoms with Gasteiger partial charge in [-0.15, -0.1) is 10.2 Å². The van der Waals surface area contributed by atoms with E-state index in [-0.39, 0.29) is 23.2 Å². The molecule has 0 fully saturated rings. The Morgan fingerprint density at radius 2 is 1.81 bits per heavy atom. The van der Waals surface area contributed by atoms with Crippen molar-refractivity contribution in [2.24, 2.45) is 5.10 Å². The van der Waals surface area contributed by atoms with Crippen molar-refractivity contribution in [2.45, 2.75) is 5.16 Å². The average molecular weight is 506 g/mol. The molecule has 0 spiro atoms. The van der Waals surface area contributed by atoms with E-state index in [1.54, 1.807) is 20.3 Å². The first kappa shape index (κ1) is 24.6. The summed E-state index contributed by atoms with van der Waals surface area (Å²) >= 11 is 1.20. The van der Waals surface area contributed by atoms with Crippen LogP contribution in [0.25, 0.3) is 17.1 Å². The number of phenols is 2. The third kappa shape index (κ3) is 5.58. The molecule has 0 aliphatic rings. The molecule has 0 saturated heterocycles. The van der Waals surface area contributed by atoms with Crippen LogP contribution in [0.4, 0.5) is 0 Å². The van der Waals surface area contributed by atoms with Crippen LogP contribution < -0.4 is 14.9 Å². The molecule has 1 aromatic heterocycles. The van der Waals surface area contributed by atoms with Crippen molar-refractivity contribution < 1.29 is 24.5 Å². The van der Waals surface area contributed by atoms with Crippen LogP contribution in [0.15, 0.2) is 77.0 Å². The fourth-order valence-electron chi connectivity index (χ4n) is 3.31. The Morgan fingerprint density at radius 3 is 2.53 bits per heavy atom. The summed E-state index contributed by atoms with van der Waals surface area (Å²) in [6.45, 7) is 0. The number of amides is 1. The molecule has 3 aromatic carbocycles. The number of hydrazone groups is 1. The SMILES string of the molecule is COc1ccc(-c2nnc(SCC(=O)N/N=C\c3ccc(O)cc3O)n2-c2ccccc2)cc1OC. The fraction of sp³-hybridized carbons (Fsp3) is 0.120. The summed E-state index contributed by atoms with van der Waals surface area (Å²) in [5.74, 6) is 1.16. The zero-order chi connectivity index (χ0) is 25.5. The molecule has 0 aliphatic carbocycles. The molecular formula is C25H23N5O5S. The monoisotopic (exact) mass is 505 g/mol. The van der Waals surface area contributed by atoms with E-state index in [2.05, 4.69) is 20.7 Å². The Hall–Kier alpha value is -4.51. The number of methoxy groups -OCH3 is 2. The van der Waals surface area contributed by atoms with Gasteiger partial charge in [0.25, 0.3) is 5.91 Å². The number of carbonyl (C=O) groups is 1. The Morgan fingerprint density at radius 1 is 1.03 bits per heavy atom. The standard InChI is InChI=1S/C25H23N5O5S/c1-34-21-11-9-16(12-22(21)35-2)24-28-29-25(30(24)18-6-4-3-5-7-18)36-15-23(33)27-26-14-17-8-10-19(31)13-20(17)32/h3-14,31-32H,15H2,1-2H3,(H,27,33)/b26-14-. The number of ether oxygens (including phenoxy) is 2. The van der Waals surface area contributed by atoms with Gasteiger partial charge < -0.3 is 19.7 Å². The normalized spacial score (nSPS) is 10.9. The lowest BCUT2D eigenvalue weighted by Gasteiger charge is -2.12. The number of carbonyl (C=O) groups excluding carboxylic acids is 1. The van der Waals surface area contributed by atoms with Crippen LogP contribution in [0.2, 0.25) is 0 Å². The fourth-order valence-corrected chi connectivity index (χ4v) is 4.06. The molecule has 0 unspecified atom stereocenters. The van der Waals surface area contributed by atoms with Gasteiger partial charge in [-0.2, -0.15) is 5.10 Å². The maximum atomic E-state index is 12.4. The summed E-state index contributed by atoms with van der Waals surface area (Å²) < 4.78 is 12.6. The minimum Gasteiger partial charge on any atom is -0.508 e. The van der Waals surface area contributed by atoms with Crippen molar-refractivity contribution in [3.8, 4) is 40.1 Å². The van der Waals surface area contributed by atoms with Gasteiger partial charge in [0.05, 0.1) is 26.2 Å². The molecule has 11 heteroatoms. The average Bonchev–Trinajstić information content (AvgIpc) is 3.32. The van der Waals surface area contributed by atoms with Gasteiger partial charge in [-0.25, -0.2) is 5.43 Å². The number of benzene rings is 3. The highest BCUT2D eigenvalue weighted by Crippen LogP contribution is 2.34. The first-order valence-electron chi connectivity index (χ1n) is 10.7. The minimum atomic E-state index is -0.371. The summed E-state index contributed by atoms with van der Waals surface area (Å²) in [6, 6.07) is 19.1. The first-order valence-corrected chi connectivity index (χ1v) is 11.7. The second-order valence-electron chi connectivity index (χ2n) is 7.37. The van der Waals surface area contributed by atoms with E-state index >= 15 is 0 Å². The minimum absolute atomic E-state index is 0.0236. The summed E-state index contributed by atoms with van der Waals surface area (Å²) in [7, 11) is 3.14. The van der Waals surface area contributed by atoms with Crippen LogP contribution >= 0.6 is 11.8 Å². The van der Waals surface area contributed by atoms with Gasteiger partial charge in [-0.3, -0.25) is 9.36 Å². The Labute approximate surface area is 211 Å². The van der Waals surface area contributed by atoms with Gasteiger partial charge in [0.15, 0.2) is 22.5 Å². The zero-order valence-corrected chi connectivity index (χ0v) is 20.3. The summed E-state index contributed by atoms with van der Waals surface area (Å²) in [5.41, 5.74) is 4.36. The van der Waals surface area contributed by atoms with Crippen molar-refractivity contribution in [2.75, 3.05) is 20.0 Å². The Balaban J connectivity index is 1.54. The van der Waals surface area contributed by atoms with Crippen molar-refractivity contribution in [3.63, 3.8) is 0 Å². The maximum Gasteiger partial charge on any atom is 0.250 e. The van der Waals surface area contributed by atoms with Crippen LogP contribution in [-0.4, -0.2) is 57.1 Å². The number of aromatic nitrogens is 3. The number of para-hydroxylation sites is 1. The van der Waals surface area contributed by atoms with Crippen LogP contribution in [-0.2, 0) is 4.79 Å². The van der Waals surface area contributed by atoms with Gasteiger partial charge in [0.2, 0.25) is 0 Å². The summed E-state index contributed by atoms with van der Waals surface area (Å²) in [5, 5.41) is 32.2. The number of hydrogen-bond donors (Lipinski definition) is 3. The molecule has 4 rings (SSSR count). The van der Waals surface area contributed by atoms with Crippen molar-refractivity contribution in [1.29, 1.82) is 0 Å². The maximum absolute atomic E-state index is 12.4. The molecule has 3 N–H and O–H groups in total. The predicted octanol–water partition coefficient (Wildman–Crippen LogP) is 3.61. The Bertz CT molecular complexity index is 1390. The van der Waals surface area contributed by atoms with Gasteiger partial charge in [-0.1, -0.05) is 30.0 Å². The van der Waals surface area contributed by atoms with Crippen LogP contribution in [0.5, 0.6) is 23.0 Å². The number of thioether (sulfide) groups is 1. The highest BCUT2D eigenvalue weighted by atomic mass is 32.2. The molecule has 184 valence electrons. The number of hydrogen-bond acceptors (Lipinski definition) is 9. The molecule has 0 aliphatic heterocycles. The van der Waals surface area contributed by atoms with E-state index in [0.29, 0.717) is 28.0 Å². The van der Waals surface area contributed by atoms with Crippen molar-refractivity contribution >= 4 is 23.9 Å². The van der Waals surface area contributed by atoms with E-state index in [9.17, 15) is 15.0 Å². The highest BCUT2D eigenvalue weighted by molar-refractivity contribution is 7.99. The van der Waals surface area contributed by atoms with Gasteiger partial charge in [0, 0.05) is 22.9 Å². The predicted molar refractivity (Wildman–Crippen MR) is 136 cm³/mol. The van der Waals surface area contributed by atoms with Crippen molar-refractivity contribution in [3.05, 3.63) is 72.3 Å².